The van der Waals surface area contributed by atoms with E-state index in [1.165, 1.54) is 0 Å². The number of allylic oxidation sites excluding steroid dienone is 1. The molecule has 2 N–H and O–H groups in total. The number of rotatable bonds is 1. The minimum atomic E-state index is -1.61. The van der Waals surface area contributed by atoms with Gasteiger partial charge in [0.15, 0.2) is 5.78 Å². The summed E-state index contributed by atoms with van der Waals surface area (Å²) >= 11 is 0. The van der Waals surface area contributed by atoms with Gasteiger partial charge in [0.1, 0.15) is 22.8 Å². The molecule has 37 heavy (non-hydrogen) atoms. The van der Waals surface area contributed by atoms with Crippen LogP contribution in [0.25, 0.3) is 0 Å². The number of nitrogens with zero attached hydrogens (tertiary/aromatic N) is 2. The van der Waals surface area contributed by atoms with E-state index in [-0.39, 0.29) is 46.0 Å². The highest BCUT2D eigenvalue weighted by atomic mass is 16.5. The molecule has 0 aromatic heterocycles. The lowest BCUT2D eigenvalue weighted by atomic mass is 9.61. The molecular weight excluding hydrogens is 462 g/mol. The normalized spacial score (nSPS) is 29.1. The molecule has 1 aliphatic carbocycles. The smallest absolute Gasteiger partial charge is 0.248 e. The zero-order valence-corrected chi connectivity index (χ0v) is 21.9. The average Bonchev–Trinajstić information content (AvgIpc) is 3.07. The molecule has 2 atom stereocenters. The van der Waals surface area contributed by atoms with Crippen LogP contribution in [0.3, 0.4) is 0 Å². The third kappa shape index (κ3) is 2.80. The number of hydrogen-bond acceptors (Lipinski definition) is 5. The van der Waals surface area contributed by atoms with E-state index in [0.29, 0.717) is 24.2 Å². The van der Waals surface area contributed by atoms with E-state index >= 15 is 0 Å². The van der Waals surface area contributed by atoms with Crippen molar-refractivity contribution in [3.05, 3.63) is 88.0 Å². The van der Waals surface area contributed by atoms with Crippen molar-refractivity contribution in [3.63, 3.8) is 0 Å². The summed E-state index contributed by atoms with van der Waals surface area (Å²) in [6.45, 7) is 10.3. The van der Waals surface area contributed by atoms with E-state index in [9.17, 15) is 14.9 Å². The second-order valence-corrected chi connectivity index (χ2v) is 12.5. The molecule has 0 bridgehead atoms. The number of ether oxygens (including phenoxy) is 1. The molecule has 6 rings (SSSR count). The number of Topliss-reactive ketones (excluding diaryl/α,β-unsaturated/α-hetero) is 1. The quantitative estimate of drug-likeness (QED) is 0.594. The molecule has 0 fully saturated rings. The lowest BCUT2D eigenvalue weighted by molar-refractivity contribution is -0.126. The number of carbonyl (C=O) groups excluding carboxylic acids is 2. The van der Waals surface area contributed by atoms with Crippen LogP contribution in [0.2, 0.25) is 0 Å². The topological polar surface area (TPSA) is 96.4 Å². The first kappa shape index (κ1) is 23.5. The second kappa shape index (κ2) is 7.13. The molecule has 1 amide bonds. The molecule has 1 spiro atoms. The highest BCUT2D eigenvalue weighted by Gasteiger charge is 2.67. The van der Waals surface area contributed by atoms with Gasteiger partial charge in [-0.05, 0) is 36.8 Å². The van der Waals surface area contributed by atoms with Crippen LogP contribution in [0.15, 0.2) is 71.3 Å². The van der Waals surface area contributed by atoms with Gasteiger partial charge in [-0.1, -0.05) is 69.3 Å². The summed E-state index contributed by atoms with van der Waals surface area (Å²) in [5.74, 6) is -0.146. The Morgan fingerprint density at radius 2 is 1.62 bits per heavy atom. The van der Waals surface area contributed by atoms with E-state index in [1.54, 1.807) is 0 Å². The van der Waals surface area contributed by atoms with Gasteiger partial charge in [-0.3, -0.25) is 9.59 Å². The first-order chi connectivity index (χ1) is 17.4. The molecule has 0 saturated carbocycles. The van der Waals surface area contributed by atoms with Crippen molar-refractivity contribution in [1.29, 1.82) is 5.26 Å². The summed E-state index contributed by atoms with van der Waals surface area (Å²) < 4.78 is 5.95. The van der Waals surface area contributed by atoms with E-state index in [4.69, 9.17) is 10.5 Å². The van der Waals surface area contributed by atoms with Gasteiger partial charge in [0.25, 0.3) is 0 Å². The highest BCUT2D eigenvalue weighted by molar-refractivity contribution is 6.21. The molecule has 6 nitrogen and oxygen atoms in total. The van der Waals surface area contributed by atoms with Crippen LogP contribution in [0, 0.1) is 16.7 Å². The zero-order valence-electron chi connectivity index (χ0n) is 21.9. The number of amides is 1. The molecule has 0 saturated heterocycles. The van der Waals surface area contributed by atoms with Crippen molar-refractivity contribution in [2.24, 2.45) is 11.1 Å². The van der Waals surface area contributed by atoms with Gasteiger partial charge in [0.2, 0.25) is 11.8 Å². The van der Waals surface area contributed by atoms with E-state index in [0.717, 1.165) is 16.8 Å². The maximum Gasteiger partial charge on any atom is 0.248 e. The van der Waals surface area contributed by atoms with Gasteiger partial charge >= 0.3 is 0 Å². The lowest BCUT2D eigenvalue weighted by Crippen LogP contribution is -2.58. The Balaban J connectivity index is 1.73. The van der Waals surface area contributed by atoms with Crippen LogP contribution < -0.4 is 10.6 Å². The van der Waals surface area contributed by atoms with Crippen molar-refractivity contribution in [2.45, 2.75) is 70.3 Å². The molecule has 188 valence electrons. The minimum absolute atomic E-state index is 0.00400. The Kier molecular flexibility index (Phi) is 4.54. The summed E-state index contributed by atoms with van der Waals surface area (Å²) in [5, 5.41) is 10.4. The van der Waals surface area contributed by atoms with Crippen LogP contribution >= 0.6 is 0 Å². The number of nitriles is 1. The molecule has 3 heterocycles. The molecular formula is C31H31N3O3. The molecule has 2 aromatic carbocycles. The van der Waals surface area contributed by atoms with Crippen LogP contribution in [0.5, 0.6) is 0 Å². The minimum Gasteiger partial charge on any atom is -0.444 e. The fourth-order valence-corrected chi connectivity index (χ4v) is 7.48. The SMILES string of the molecule is CC1(C)CC(=O)C2=C(C1)OC(N)=C(C#N)[C@]21C(=O)N2c3c1cccc3[C@](C)(c1ccccc1)CC2(C)C. The summed E-state index contributed by atoms with van der Waals surface area (Å²) in [7, 11) is 0. The Morgan fingerprint density at radius 3 is 2.30 bits per heavy atom. The molecule has 6 heteroatoms. The number of anilines is 1. The Bertz CT molecular complexity index is 1510. The summed E-state index contributed by atoms with van der Waals surface area (Å²) in [6, 6.07) is 18.4. The first-order valence-corrected chi connectivity index (χ1v) is 12.8. The predicted octanol–water partition coefficient (Wildman–Crippen LogP) is 5.13. The van der Waals surface area contributed by atoms with Gasteiger partial charge in [0.05, 0.1) is 11.3 Å². The number of nitrogens with two attached hydrogens (primary N) is 1. The lowest BCUT2D eigenvalue weighted by Gasteiger charge is -2.50. The van der Waals surface area contributed by atoms with Gasteiger partial charge in [-0.25, -0.2) is 0 Å². The third-order valence-electron chi connectivity index (χ3n) is 8.76. The fraction of sp³-hybridized carbons (Fsp3) is 0.387. The first-order valence-electron chi connectivity index (χ1n) is 12.8. The van der Waals surface area contributed by atoms with Crippen molar-refractivity contribution in [3.8, 4) is 6.07 Å². The van der Waals surface area contributed by atoms with Gasteiger partial charge < -0.3 is 15.4 Å². The van der Waals surface area contributed by atoms with Gasteiger partial charge in [0, 0.05) is 29.4 Å². The number of carbonyl (C=O) groups is 2. The molecule has 0 radical (unpaired) electrons. The number of fused-ring (bicyclic) bond motifs is 2. The maximum absolute atomic E-state index is 14.8. The number of benzene rings is 2. The van der Waals surface area contributed by atoms with Crippen molar-refractivity contribution >= 4 is 17.4 Å². The molecule has 4 aliphatic rings. The number of para-hydroxylation sites is 1. The molecule has 2 aromatic rings. The highest BCUT2D eigenvalue weighted by Crippen LogP contribution is 2.63. The molecule has 3 aliphatic heterocycles. The predicted molar refractivity (Wildman–Crippen MR) is 140 cm³/mol. The Labute approximate surface area is 217 Å². The van der Waals surface area contributed by atoms with Crippen molar-refractivity contribution < 1.29 is 14.3 Å². The molecule has 0 unspecified atom stereocenters. The largest absolute Gasteiger partial charge is 0.444 e. The van der Waals surface area contributed by atoms with E-state index in [1.807, 2.05) is 49.1 Å². The Hall–Kier alpha value is -3.85. The average molecular weight is 494 g/mol. The maximum atomic E-state index is 14.8. The number of hydrogen-bond donors (Lipinski definition) is 1. The van der Waals surface area contributed by atoms with Gasteiger partial charge in [-0.15, -0.1) is 0 Å². The Morgan fingerprint density at radius 1 is 0.946 bits per heavy atom. The van der Waals surface area contributed by atoms with Crippen LogP contribution in [-0.4, -0.2) is 17.2 Å². The standard InChI is InChI=1S/C31H31N3O3/c1-28(2)14-22(35)24-23(15-28)37-26(33)21(16-32)31(24)20-13-9-12-19-25(20)34(27(31)36)29(3,4)17-30(19,5)18-10-7-6-8-11-18/h6-13H,14-15,17,33H2,1-5H3/t30-,31-/m0/s1. The monoisotopic (exact) mass is 493 g/mol. The third-order valence-corrected chi connectivity index (χ3v) is 8.76. The summed E-state index contributed by atoms with van der Waals surface area (Å²) in [4.78, 5) is 30.5. The number of ketones is 1. The van der Waals surface area contributed by atoms with Gasteiger partial charge in [-0.2, -0.15) is 5.26 Å². The van der Waals surface area contributed by atoms with Crippen LogP contribution in [0.4, 0.5) is 5.69 Å². The fourth-order valence-electron chi connectivity index (χ4n) is 7.48. The summed E-state index contributed by atoms with van der Waals surface area (Å²) in [6.07, 6.45) is 1.40. The van der Waals surface area contributed by atoms with Crippen LogP contribution in [-0.2, 0) is 25.2 Å². The van der Waals surface area contributed by atoms with E-state index in [2.05, 4.69) is 45.0 Å². The van der Waals surface area contributed by atoms with E-state index < -0.39 is 11.0 Å². The second-order valence-electron chi connectivity index (χ2n) is 12.5. The van der Waals surface area contributed by atoms with Crippen molar-refractivity contribution in [2.75, 3.05) is 4.90 Å². The summed E-state index contributed by atoms with van der Waals surface area (Å²) in [5.41, 5.74) is 7.32. The van der Waals surface area contributed by atoms with Crippen LogP contribution in [0.1, 0.15) is 70.6 Å². The zero-order chi connectivity index (χ0) is 26.5. The van der Waals surface area contributed by atoms with Crippen molar-refractivity contribution in [1.82, 2.24) is 0 Å².